The number of nitro groups is 1. The molecule has 0 fully saturated rings. The van der Waals surface area contributed by atoms with Crippen molar-refractivity contribution in [2.24, 2.45) is 0 Å². The summed E-state index contributed by atoms with van der Waals surface area (Å²) in [7, 11) is 0. The van der Waals surface area contributed by atoms with Gasteiger partial charge < -0.3 is 5.11 Å². The van der Waals surface area contributed by atoms with Gasteiger partial charge in [0, 0.05) is 17.8 Å². The number of benzene rings is 1. The molecule has 0 aliphatic heterocycles. The van der Waals surface area contributed by atoms with E-state index in [2.05, 4.69) is 5.10 Å². The molecule has 0 atom stereocenters. The molecule has 1 heterocycles. The van der Waals surface area contributed by atoms with Gasteiger partial charge in [-0.15, -0.1) is 0 Å². The summed E-state index contributed by atoms with van der Waals surface area (Å²) in [5.41, 5.74) is 1.34. The molecule has 0 aliphatic carbocycles. The third kappa shape index (κ3) is 2.17. The molecule has 1 aromatic carbocycles. The first-order valence-corrected chi connectivity index (χ1v) is 5.45. The SMILES string of the molecule is Cc1cn(-c2cccc([N+](=O)[O-])c2C)nc1C(=O)O. The molecule has 1 aromatic heterocycles. The van der Waals surface area contributed by atoms with Crippen molar-refractivity contribution >= 4 is 11.7 Å². The van der Waals surface area contributed by atoms with Crippen molar-refractivity contribution in [1.82, 2.24) is 9.78 Å². The van der Waals surface area contributed by atoms with Crippen LogP contribution in [0.1, 0.15) is 21.6 Å². The average molecular weight is 261 g/mol. The first-order valence-electron chi connectivity index (χ1n) is 5.45. The highest BCUT2D eigenvalue weighted by atomic mass is 16.6. The minimum atomic E-state index is -1.13. The van der Waals surface area contributed by atoms with Gasteiger partial charge >= 0.3 is 5.97 Å². The van der Waals surface area contributed by atoms with Crippen molar-refractivity contribution < 1.29 is 14.8 Å². The van der Waals surface area contributed by atoms with E-state index < -0.39 is 10.9 Å². The van der Waals surface area contributed by atoms with Crippen molar-refractivity contribution in [3.05, 3.63) is 51.3 Å². The third-order valence-electron chi connectivity index (χ3n) is 2.82. The summed E-state index contributed by atoms with van der Waals surface area (Å²) in [6.07, 6.45) is 1.54. The average Bonchev–Trinajstić information content (AvgIpc) is 2.71. The minimum absolute atomic E-state index is 0.0254. The lowest BCUT2D eigenvalue weighted by molar-refractivity contribution is -0.385. The number of carbonyl (C=O) groups is 1. The lowest BCUT2D eigenvalue weighted by atomic mass is 10.1. The molecule has 19 heavy (non-hydrogen) atoms. The van der Waals surface area contributed by atoms with Gasteiger partial charge in [-0.3, -0.25) is 10.1 Å². The zero-order valence-corrected chi connectivity index (χ0v) is 10.3. The maximum Gasteiger partial charge on any atom is 0.356 e. The molecule has 0 bridgehead atoms. The molecule has 0 amide bonds. The first kappa shape index (κ1) is 12.7. The van der Waals surface area contributed by atoms with Crippen LogP contribution in [0.3, 0.4) is 0 Å². The molecular weight excluding hydrogens is 250 g/mol. The van der Waals surface area contributed by atoms with Crippen LogP contribution in [-0.4, -0.2) is 25.8 Å². The van der Waals surface area contributed by atoms with Crippen LogP contribution >= 0.6 is 0 Å². The molecule has 1 N–H and O–H groups in total. The highest BCUT2D eigenvalue weighted by Gasteiger charge is 2.18. The number of aromatic nitrogens is 2. The van der Waals surface area contributed by atoms with E-state index in [1.54, 1.807) is 19.9 Å². The monoisotopic (exact) mass is 261 g/mol. The van der Waals surface area contributed by atoms with E-state index in [0.29, 0.717) is 16.8 Å². The van der Waals surface area contributed by atoms with Gasteiger partial charge in [0.1, 0.15) is 0 Å². The molecular formula is C12H11N3O4. The van der Waals surface area contributed by atoms with Gasteiger partial charge in [0.25, 0.3) is 5.69 Å². The Hall–Kier alpha value is -2.70. The quantitative estimate of drug-likeness (QED) is 0.673. The summed E-state index contributed by atoms with van der Waals surface area (Å²) in [4.78, 5) is 21.3. The summed E-state index contributed by atoms with van der Waals surface area (Å²) in [5.74, 6) is -1.13. The minimum Gasteiger partial charge on any atom is -0.476 e. The second-order valence-corrected chi connectivity index (χ2v) is 4.09. The molecule has 0 aliphatic rings. The van der Waals surface area contributed by atoms with E-state index in [4.69, 9.17) is 5.11 Å². The number of nitrogens with zero attached hydrogens (tertiary/aromatic N) is 3. The smallest absolute Gasteiger partial charge is 0.356 e. The van der Waals surface area contributed by atoms with Crippen molar-refractivity contribution in [1.29, 1.82) is 0 Å². The van der Waals surface area contributed by atoms with Gasteiger partial charge in [-0.25, -0.2) is 9.48 Å². The van der Waals surface area contributed by atoms with Gasteiger partial charge in [-0.1, -0.05) is 6.07 Å². The van der Waals surface area contributed by atoms with Crippen molar-refractivity contribution in [2.45, 2.75) is 13.8 Å². The van der Waals surface area contributed by atoms with E-state index in [1.807, 2.05) is 0 Å². The van der Waals surface area contributed by atoms with Crippen LogP contribution in [0.15, 0.2) is 24.4 Å². The first-order chi connectivity index (χ1) is 8.91. The Morgan fingerprint density at radius 2 is 2.11 bits per heavy atom. The zero-order valence-electron chi connectivity index (χ0n) is 10.3. The normalized spacial score (nSPS) is 10.4. The lowest BCUT2D eigenvalue weighted by Crippen LogP contribution is -2.04. The Morgan fingerprint density at radius 3 is 2.63 bits per heavy atom. The van der Waals surface area contributed by atoms with E-state index in [-0.39, 0.29) is 11.4 Å². The van der Waals surface area contributed by atoms with E-state index in [0.717, 1.165) is 0 Å². The van der Waals surface area contributed by atoms with Crippen LogP contribution in [0.2, 0.25) is 0 Å². The maximum absolute atomic E-state index is 10.9. The fourth-order valence-corrected chi connectivity index (χ4v) is 1.85. The molecule has 0 radical (unpaired) electrons. The molecule has 2 aromatic rings. The van der Waals surface area contributed by atoms with Crippen molar-refractivity contribution in [3.63, 3.8) is 0 Å². The van der Waals surface area contributed by atoms with E-state index in [9.17, 15) is 14.9 Å². The van der Waals surface area contributed by atoms with Crippen LogP contribution in [0.25, 0.3) is 5.69 Å². The van der Waals surface area contributed by atoms with Crippen LogP contribution < -0.4 is 0 Å². The summed E-state index contributed by atoms with van der Waals surface area (Å²) in [6, 6.07) is 4.59. The second-order valence-electron chi connectivity index (χ2n) is 4.09. The molecule has 98 valence electrons. The van der Waals surface area contributed by atoms with Gasteiger partial charge in [0.15, 0.2) is 5.69 Å². The fraction of sp³-hybridized carbons (Fsp3) is 0.167. The van der Waals surface area contributed by atoms with E-state index >= 15 is 0 Å². The number of aromatic carboxylic acids is 1. The predicted octanol–water partition coefficient (Wildman–Crippen LogP) is 2.10. The number of carboxylic acids is 1. The van der Waals surface area contributed by atoms with Crippen LogP contribution in [0.4, 0.5) is 5.69 Å². The Labute approximate surface area is 108 Å². The number of nitro benzene ring substituents is 1. The molecule has 0 saturated carbocycles. The summed E-state index contributed by atoms with van der Waals surface area (Å²) < 4.78 is 1.35. The number of carboxylic acid groups (broad SMARTS) is 1. The number of rotatable bonds is 3. The van der Waals surface area contributed by atoms with Gasteiger partial charge in [0.05, 0.1) is 16.2 Å². The highest BCUT2D eigenvalue weighted by molar-refractivity contribution is 5.86. The standard InChI is InChI=1S/C12H11N3O4/c1-7-6-14(13-11(7)12(16)17)9-4-3-5-10(8(9)2)15(18)19/h3-6H,1-2H3,(H,16,17). The largest absolute Gasteiger partial charge is 0.476 e. The third-order valence-corrected chi connectivity index (χ3v) is 2.82. The summed E-state index contributed by atoms with van der Waals surface area (Å²) in [5, 5.41) is 23.8. The second kappa shape index (κ2) is 4.52. The predicted molar refractivity (Wildman–Crippen MR) is 66.7 cm³/mol. The van der Waals surface area contributed by atoms with Crippen LogP contribution in [0.5, 0.6) is 0 Å². The maximum atomic E-state index is 10.9. The van der Waals surface area contributed by atoms with Crippen LogP contribution in [0, 0.1) is 24.0 Å². The zero-order chi connectivity index (χ0) is 14.2. The molecule has 0 spiro atoms. The Morgan fingerprint density at radius 1 is 1.42 bits per heavy atom. The number of aryl methyl sites for hydroxylation is 1. The molecule has 0 unspecified atom stereocenters. The fourth-order valence-electron chi connectivity index (χ4n) is 1.85. The molecule has 7 heteroatoms. The Bertz CT molecular complexity index is 676. The van der Waals surface area contributed by atoms with Crippen LogP contribution in [-0.2, 0) is 0 Å². The molecule has 0 saturated heterocycles. The lowest BCUT2D eigenvalue weighted by Gasteiger charge is -2.05. The number of hydrogen-bond donors (Lipinski definition) is 1. The summed E-state index contributed by atoms with van der Waals surface area (Å²) >= 11 is 0. The Kier molecular flexibility index (Phi) is 3.04. The number of hydrogen-bond acceptors (Lipinski definition) is 4. The molecule has 2 rings (SSSR count). The van der Waals surface area contributed by atoms with Crippen molar-refractivity contribution in [2.75, 3.05) is 0 Å². The van der Waals surface area contributed by atoms with Gasteiger partial charge in [-0.2, -0.15) is 5.10 Å². The molecule has 7 nitrogen and oxygen atoms in total. The highest BCUT2D eigenvalue weighted by Crippen LogP contribution is 2.24. The van der Waals surface area contributed by atoms with Gasteiger partial charge in [0.2, 0.25) is 0 Å². The topological polar surface area (TPSA) is 98.3 Å². The van der Waals surface area contributed by atoms with E-state index in [1.165, 1.54) is 23.0 Å². The van der Waals surface area contributed by atoms with Crippen molar-refractivity contribution in [3.8, 4) is 5.69 Å². The summed E-state index contributed by atoms with van der Waals surface area (Å²) in [6.45, 7) is 3.23. The Balaban J connectivity index is 2.60. The van der Waals surface area contributed by atoms with Gasteiger partial charge in [-0.05, 0) is 19.9 Å².